The zero-order valence-electron chi connectivity index (χ0n) is 11.2. The number of nitrogens with zero attached hydrogens (tertiary/aromatic N) is 4. The lowest BCUT2D eigenvalue weighted by Crippen LogP contribution is -2.27. The summed E-state index contributed by atoms with van der Waals surface area (Å²) in [4.78, 5) is 0.235. The van der Waals surface area contributed by atoms with Gasteiger partial charge in [0.15, 0.2) is 0 Å². The van der Waals surface area contributed by atoms with Crippen LogP contribution in [0.1, 0.15) is 12.6 Å². The molecule has 8 nitrogen and oxygen atoms in total. The molecule has 0 radical (unpaired) electrons. The molecular formula is C11H18N6O2S. The molecule has 2 heterocycles. The van der Waals surface area contributed by atoms with E-state index >= 15 is 0 Å². The zero-order chi connectivity index (χ0) is 14.6. The molecule has 3 N–H and O–H groups in total. The summed E-state index contributed by atoms with van der Waals surface area (Å²) < 4.78 is 30.2. The highest BCUT2D eigenvalue weighted by Gasteiger charge is 2.17. The van der Waals surface area contributed by atoms with Crippen molar-refractivity contribution in [1.29, 1.82) is 0 Å². The van der Waals surface area contributed by atoms with Gasteiger partial charge in [-0.15, -0.1) is 5.10 Å². The molecule has 20 heavy (non-hydrogen) atoms. The molecule has 0 spiro atoms. The molecule has 2 rings (SSSR count). The zero-order valence-corrected chi connectivity index (χ0v) is 12.0. The smallest absolute Gasteiger partial charge is 0.242 e. The Kier molecular flexibility index (Phi) is 4.53. The maximum absolute atomic E-state index is 12.1. The lowest BCUT2D eigenvalue weighted by molar-refractivity contribution is 0.552. The fraction of sp³-hybridized carbons (Fsp3) is 0.455. The van der Waals surface area contributed by atoms with E-state index in [2.05, 4.69) is 15.0 Å². The van der Waals surface area contributed by atoms with Crippen molar-refractivity contribution in [3.8, 4) is 0 Å². The lowest BCUT2D eigenvalue weighted by Gasteiger charge is -2.04. The monoisotopic (exact) mass is 298 g/mol. The van der Waals surface area contributed by atoms with Gasteiger partial charge in [0.2, 0.25) is 10.0 Å². The number of aryl methyl sites for hydroxylation is 1. The van der Waals surface area contributed by atoms with E-state index in [1.54, 1.807) is 29.3 Å². The van der Waals surface area contributed by atoms with Crippen LogP contribution < -0.4 is 10.5 Å². The minimum absolute atomic E-state index is 0.235. The summed E-state index contributed by atoms with van der Waals surface area (Å²) in [7, 11) is -3.52. The molecule has 0 atom stereocenters. The molecule has 0 saturated carbocycles. The highest BCUT2D eigenvalue weighted by atomic mass is 32.2. The van der Waals surface area contributed by atoms with E-state index in [1.165, 1.54) is 0 Å². The molecule has 0 aliphatic carbocycles. The van der Waals surface area contributed by atoms with Gasteiger partial charge >= 0.3 is 0 Å². The average molecular weight is 298 g/mol. The van der Waals surface area contributed by atoms with Crippen molar-refractivity contribution in [2.75, 3.05) is 6.54 Å². The van der Waals surface area contributed by atoms with Crippen LogP contribution >= 0.6 is 0 Å². The van der Waals surface area contributed by atoms with Gasteiger partial charge < -0.3 is 10.3 Å². The second-order valence-corrected chi connectivity index (χ2v) is 5.99. The summed E-state index contributed by atoms with van der Waals surface area (Å²) in [6.45, 7) is 3.61. The number of rotatable bonds is 7. The van der Waals surface area contributed by atoms with Crippen molar-refractivity contribution in [3.63, 3.8) is 0 Å². The Morgan fingerprint density at radius 2 is 2.25 bits per heavy atom. The van der Waals surface area contributed by atoms with Gasteiger partial charge in [-0.1, -0.05) is 5.21 Å². The fourth-order valence-electron chi connectivity index (χ4n) is 1.87. The van der Waals surface area contributed by atoms with Crippen LogP contribution in [0.2, 0.25) is 0 Å². The van der Waals surface area contributed by atoms with Gasteiger partial charge in [-0.3, -0.25) is 4.68 Å². The first-order valence-corrected chi connectivity index (χ1v) is 7.78. The molecule has 0 saturated heterocycles. The van der Waals surface area contributed by atoms with E-state index in [9.17, 15) is 8.42 Å². The van der Waals surface area contributed by atoms with Gasteiger partial charge in [-0.2, -0.15) is 0 Å². The van der Waals surface area contributed by atoms with Crippen LogP contribution in [0.15, 0.2) is 29.6 Å². The molecule has 0 aliphatic heterocycles. The minimum atomic E-state index is -3.52. The largest absolute Gasteiger partial charge is 0.349 e. The van der Waals surface area contributed by atoms with E-state index in [1.807, 2.05) is 11.5 Å². The van der Waals surface area contributed by atoms with Crippen LogP contribution in [-0.4, -0.2) is 34.5 Å². The van der Waals surface area contributed by atoms with Crippen LogP contribution in [-0.2, 0) is 29.7 Å². The van der Waals surface area contributed by atoms with E-state index in [-0.39, 0.29) is 11.4 Å². The lowest BCUT2D eigenvalue weighted by atomic mass is 10.4. The summed E-state index contributed by atoms with van der Waals surface area (Å²) in [5.74, 6) is 0. The predicted molar refractivity (Wildman–Crippen MR) is 73.2 cm³/mol. The number of aromatic nitrogens is 4. The topological polar surface area (TPSA) is 108 Å². The van der Waals surface area contributed by atoms with Crippen molar-refractivity contribution in [1.82, 2.24) is 24.3 Å². The standard InChI is InChI=1S/C11H18N6O2S/c1-2-16-9-11(7-10(16)8-12)20(18,19)14-4-6-17-5-3-13-15-17/h3,5,7,9,14H,2,4,6,8,12H2,1H3. The number of nitrogens with two attached hydrogens (primary N) is 1. The van der Waals surface area contributed by atoms with Gasteiger partial charge in [-0.25, -0.2) is 13.1 Å². The van der Waals surface area contributed by atoms with Crippen LogP contribution in [0.3, 0.4) is 0 Å². The van der Waals surface area contributed by atoms with Gasteiger partial charge in [0.25, 0.3) is 0 Å². The molecule has 0 amide bonds. The number of hydrogen-bond donors (Lipinski definition) is 2. The maximum atomic E-state index is 12.1. The Balaban J connectivity index is 2.04. The van der Waals surface area contributed by atoms with E-state index in [0.29, 0.717) is 19.6 Å². The molecule has 2 aromatic heterocycles. The van der Waals surface area contributed by atoms with Crippen LogP contribution in [0, 0.1) is 0 Å². The Morgan fingerprint density at radius 3 is 2.80 bits per heavy atom. The second-order valence-electron chi connectivity index (χ2n) is 4.22. The van der Waals surface area contributed by atoms with E-state index < -0.39 is 10.0 Å². The quantitative estimate of drug-likeness (QED) is 0.719. The molecule has 0 aliphatic rings. The Morgan fingerprint density at radius 1 is 1.45 bits per heavy atom. The first-order chi connectivity index (χ1) is 9.56. The van der Waals surface area contributed by atoms with Crippen molar-refractivity contribution in [2.24, 2.45) is 5.73 Å². The van der Waals surface area contributed by atoms with Gasteiger partial charge in [0, 0.05) is 37.7 Å². The summed E-state index contributed by atoms with van der Waals surface area (Å²) in [6, 6.07) is 1.60. The Labute approximate surface area is 117 Å². The first-order valence-electron chi connectivity index (χ1n) is 6.29. The molecule has 0 fully saturated rings. The third-order valence-electron chi connectivity index (χ3n) is 2.93. The average Bonchev–Trinajstić information content (AvgIpc) is 3.07. The number of nitrogens with one attached hydrogen (secondary N) is 1. The van der Waals surface area contributed by atoms with Gasteiger partial charge in [0.1, 0.15) is 0 Å². The van der Waals surface area contributed by atoms with Crippen molar-refractivity contribution < 1.29 is 8.42 Å². The van der Waals surface area contributed by atoms with Crippen LogP contribution in [0.25, 0.3) is 0 Å². The molecule has 9 heteroatoms. The van der Waals surface area contributed by atoms with Crippen molar-refractivity contribution in [3.05, 3.63) is 30.4 Å². The highest BCUT2D eigenvalue weighted by molar-refractivity contribution is 7.89. The summed E-state index contributed by atoms with van der Waals surface area (Å²) in [5.41, 5.74) is 6.39. The molecular weight excluding hydrogens is 280 g/mol. The fourth-order valence-corrected chi connectivity index (χ4v) is 2.95. The second kappa shape index (κ2) is 6.16. The summed E-state index contributed by atoms with van der Waals surface area (Å²) in [6.07, 6.45) is 4.82. The molecule has 0 unspecified atom stereocenters. The van der Waals surface area contributed by atoms with Crippen molar-refractivity contribution >= 4 is 10.0 Å². The summed E-state index contributed by atoms with van der Waals surface area (Å²) >= 11 is 0. The SMILES string of the molecule is CCn1cc(S(=O)(=O)NCCn2ccnn2)cc1CN. The first kappa shape index (κ1) is 14.7. The van der Waals surface area contributed by atoms with E-state index in [4.69, 9.17) is 5.73 Å². The highest BCUT2D eigenvalue weighted by Crippen LogP contribution is 2.14. The number of sulfonamides is 1. The van der Waals surface area contributed by atoms with Crippen LogP contribution in [0.5, 0.6) is 0 Å². The van der Waals surface area contributed by atoms with Crippen LogP contribution in [0.4, 0.5) is 0 Å². The third kappa shape index (κ3) is 3.24. The molecule has 0 bridgehead atoms. The normalized spacial score (nSPS) is 11.9. The molecule has 0 aromatic carbocycles. The Hall–Kier alpha value is -1.71. The number of hydrogen-bond acceptors (Lipinski definition) is 5. The summed E-state index contributed by atoms with van der Waals surface area (Å²) in [5, 5.41) is 7.42. The van der Waals surface area contributed by atoms with Crippen molar-refractivity contribution in [2.45, 2.75) is 31.5 Å². The molecule has 110 valence electrons. The van der Waals surface area contributed by atoms with Gasteiger partial charge in [0.05, 0.1) is 17.6 Å². The maximum Gasteiger partial charge on any atom is 0.242 e. The third-order valence-corrected chi connectivity index (χ3v) is 4.35. The molecule has 2 aromatic rings. The minimum Gasteiger partial charge on any atom is -0.349 e. The Bertz CT molecular complexity index is 625. The van der Waals surface area contributed by atoms with E-state index in [0.717, 1.165) is 5.69 Å². The predicted octanol–water partition coefficient (Wildman–Crippen LogP) is -0.463. The van der Waals surface area contributed by atoms with Gasteiger partial charge in [-0.05, 0) is 13.0 Å².